The van der Waals surface area contributed by atoms with Crippen molar-refractivity contribution in [3.8, 4) is 6.07 Å². The zero-order valence-electron chi connectivity index (χ0n) is 8.99. The lowest BCUT2D eigenvalue weighted by Gasteiger charge is -2.12. The van der Waals surface area contributed by atoms with Crippen LogP contribution < -0.4 is 0 Å². The lowest BCUT2D eigenvalue weighted by Crippen LogP contribution is -2.18. The van der Waals surface area contributed by atoms with E-state index in [1.54, 1.807) is 0 Å². The minimum Gasteiger partial charge on any atom is -0.293 e. The van der Waals surface area contributed by atoms with Crippen LogP contribution in [0.4, 0.5) is 18.9 Å². The number of nitro groups is 1. The number of Topliss-reactive ketones (excluding diaryl/α,β-unsaturated/α-hetero) is 1. The standard InChI is InChI=1S/C10H4ClF3N2O3/c11-3-7(17)8-5(4-15)1-2-6(16(18)19)9(8)10(12,13)14/h1-2H,3H2. The summed E-state index contributed by atoms with van der Waals surface area (Å²) in [7, 11) is 0. The average molecular weight is 293 g/mol. The Balaban J connectivity index is 3.83. The van der Waals surface area contributed by atoms with Crippen molar-refractivity contribution >= 4 is 23.1 Å². The van der Waals surface area contributed by atoms with Crippen molar-refractivity contribution in [2.75, 3.05) is 5.88 Å². The second-order valence-electron chi connectivity index (χ2n) is 3.31. The molecule has 0 spiro atoms. The highest BCUT2D eigenvalue weighted by molar-refractivity contribution is 6.31. The molecule has 0 N–H and O–H groups in total. The molecule has 0 bridgehead atoms. The lowest BCUT2D eigenvalue weighted by molar-refractivity contribution is -0.388. The van der Waals surface area contributed by atoms with Crippen molar-refractivity contribution in [3.05, 3.63) is 38.9 Å². The van der Waals surface area contributed by atoms with Crippen molar-refractivity contribution in [3.63, 3.8) is 0 Å². The van der Waals surface area contributed by atoms with Crippen LogP contribution in [-0.2, 0) is 6.18 Å². The van der Waals surface area contributed by atoms with E-state index in [9.17, 15) is 28.1 Å². The van der Waals surface area contributed by atoms with E-state index in [4.69, 9.17) is 16.9 Å². The van der Waals surface area contributed by atoms with Gasteiger partial charge >= 0.3 is 6.18 Å². The molecular weight excluding hydrogens is 289 g/mol. The molecule has 0 amide bonds. The molecule has 1 aromatic rings. The third-order valence-electron chi connectivity index (χ3n) is 2.18. The number of nitro benzene ring substituents is 1. The van der Waals surface area contributed by atoms with Crippen LogP contribution in [0.25, 0.3) is 0 Å². The smallest absolute Gasteiger partial charge is 0.293 e. The van der Waals surface area contributed by atoms with E-state index in [-0.39, 0.29) is 0 Å². The Labute approximate surface area is 109 Å². The zero-order valence-corrected chi connectivity index (χ0v) is 9.75. The van der Waals surface area contributed by atoms with Crippen LogP contribution in [0.5, 0.6) is 0 Å². The Morgan fingerprint density at radius 1 is 1.47 bits per heavy atom. The van der Waals surface area contributed by atoms with Gasteiger partial charge in [-0.1, -0.05) is 0 Å². The van der Waals surface area contributed by atoms with Crippen molar-refractivity contribution in [2.45, 2.75) is 6.18 Å². The number of halogens is 4. The van der Waals surface area contributed by atoms with Gasteiger partial charge in [0.2, 0.25) is 0 Å². The second kappa shape index (κ2) is 5.24. The summed E-state index contributed by atoms with van der Waals surface area (Å²) in [5.41, 5.74) is -4.72. The van der Waals surface area contributed by atoms with Gasteiger partial charge in [0.25, 0.3) is 5.69 Å². The van der Waals surface area contributed by atoms with Gasteiger partial charge in [0.1, 0.15) is 5.56 Å². The van der Waals surface area contributed by atoms with E-state index in [1.807, 2.05) is 0 Å². The largest absolute Gasteiger partial charge is 0.423 e. The first-order valence-corrected chi connectivity index (χ1v) is 5.15. The fourth-order valence-electron chi connectivity index (χ4n) is 1.48. The van der Waals surface area contributed by atoms with Crippen molar-refractivity contribution < 1.29 is 22.9 Å². The molecule has 0 aliphatic carbocycles. The van der Waals surface area contributed by atoms with Crippen molar-refractivity contribution in [1.82, 2.24) is 0 Å². The highest BCUT2D eigenvalue weighted by Gasteiger charge is 2.43. The maximum Gasteiger partial charge on any atom is 0.423 e. The van der Waals surface area contributed by atoms with Gasteiger partial charge in [-0.05, 0) is 6.07 Å². The molecule has 100 valence electrons. The first-order chi connectivity index (χ1) is 8.73. The Morgan fingerprint density at radius 2 is 2.05 bits per heavy atom. The molecule has 0 aromatic heterocycles. The van der Waals surface area contributed by atoms with Crippen LogP contribution in [-0.4, -0.2) is 16.6 Å². The minimum absolute atomic E-state index is 0.534. The van der Waals surface area contributed by atoms with E-state index in [2.05, 4.69) is 0 Å². The van der Waals surface area contributed by atoms with Crippen LogP contribution in [0.3, 0.4) is 0 Å². The number of rotatable bonds is 3. The van der Waals surface area contributed by atoms with Gasteiger partial charge in [0.15, 0.2) is 5.78 Å². The molecule has 0 saturated heterocycles. The molecule has 0 unspecified atom stereocenters. The molecule has 5 nitrogen and oxygen atoms in total. The molecule has 0 atom stereocenters. The van der Waals surface area contributed by atoms with Gasteiger partial charge in [-0.25, -0.2) is 0 Å². The van der Waals surface area contributed by atoms with Gasteiger partial charge < -0.3 is 0 Å². The fraction of sp³-hybridized carbons (Fsp3) is 0.200. The number of nitrogens with zero attached hydrogens (tertiary/aromatic N) is 2. The van der Waals surface area contributed by atoms with E-state index in [1.165, 1.54) is 6.07 Å². The van der Waals surface area contributed by atoms with Gasteiger partial charge in [-0.3, -0.25) is 14.9 Å². The molecular formula is C10H4ClF3N2O3. The number of carbonyl (C=O) groups is 1. The van der Waals surface area contributed by atoms with Crippen LogP contribution >= 0.6 is 11.6 Å². The van der Waals surface area contributed by atoms with Crippen LogP contribution in [0.2, 0.25) is 0 Å². The van der Waals surface area contributed by atoms with Crippen molar-refractivity contribution in [2.24, 2.45) is 0 Å². The van der Waals surface area contributed by atoms with Crippen molar-refractivity contribution in [1.29, 1.82) is 5.26 Å². The summed E-state index contributed by atoms with van der Waals surface area (Å²) in [6, 6.07) is 2.71. The van der Waals surface area contributed by atoms with Crippen LogP contribution in [0.15, 0.2) is 12.1 Å². The number of hydrogen-bond donors (Lipinski definition) is 0. The zero-order chi connectivity index (χ0) is 14.8. The molecule has 0 radical (unpaired) electrons. The third-order valence-corrected chi connectivity index (χ3v) is 2.43. The Morgan fingerprint density at radius 3 is 2.42 bits per heavy atom. The first kappa shape index (κ1) is 14.9. The van der Waals surface area contributed by atoms with Gasteiger partial charge in [-0.2, -0.15) is 18.4 Å². The monoisotopic (exact) mass is 292 g/mol. The Hall–Kier alpha value is -2.14. The molecule has 19 heavy (non-hydrogen) atoms. The lowest BCUT2D eigenvalue weighted by atomic mass is 9.96. The number of ketones is 1. The Kier molecular flexibility index (Phi) is 4.11. The Bertz CT molecular complexity index is 593. The second-order valence-corrected chi connectivity index (χ2v) is 3.57. The summed E-state index contributed by atoms with van der Waals surface area (Å²) in [4.78, 5) is 20.8. The molecule has 0 saturated carbocycles. The highest BCUT2D eigenvalue weighted by Crippen LogP contribution is 2.40. The SMILES string of the molecule is N#Cc1ccc([N+](=O)[O-])c(C(F)(F)F)c1C(=O)CCl. The van der Waals surface area contributed by atoms with Gasteiger partial charge in [0.05, 0.1) is 28.0 Å². The van der Waals surface area contributed by atoms with E-state index in [0.717, 1.165) is 6.07 Å². The third kappa shape index (κ3) is 2.82. The van der Waals surface area contributed by atoms with E-state index < -0.39 is 45.1 Å². The predicted molar refractivity (Wildman–Crippen MR) is 57.9 cm³/mol. The van der Waals surface area contributed by atoms with Crippen LogP contribution in [0, 0.1) is 21.4 Å². The topological polar surface area (TPSA) is 84.0 Å². The summed E-state index contributed by atoms with van der Waals surface area (Å²) in [5.74, 6) is -2.02. The molecule has 0 fully saturated rings. The molecule has 0 aliphatic heterocycles. The molecule has 9 heteroatoms. The highest BCUT2D eigenvalue weighted by atomic mass is 35.5. The van der Waals surface area contributed by atoms with E-state index in [0.29, 0.717) is 6.07 Å². The number of nitriles is 1. The van der Waals surface area contributed by atoms with Gasteiger partial charge in [0, 0.05) is 6.07 Å². The maximum absolute atomic E-state index is 12.9. The van der Waals surface area contributed by atoms with Crippen LogP contribution in [0.1, 0.15) is 21.5 Å². The maximum atomic E-state index is 12.9. The normalized spacial score (nSPS) is 10.9. The molecule has 1 rings (SSSR count). The van der Waals surface area contributed by atoms with Gasteiger partial charge in [-0.15, -0.1) is 11.6 Å². The summed E-state index contributed by atoms with van der Waals surface area (Å²) < 4.78 is 38.6. The fourth-order valence-corrected chi connectivity index (χ4v) is 1.61. The molecule has 0 heterocycles. The number of hydrogen-bond acceptors (Lipinski definition) is 4. The minimum atomic E-state index is -5.15. The molecule has 1 aromatic carbocycles. The number of benzene rings is 1. The molecule has 0 aliphatic rings. The predicted octanol–water partition coefficient (Wildman–Crippen LogP) is 2.91. The number of alkyl halides is 4. The average Bonchev–Trinajstić information content (AvgIpc) is 2.34. The van der Waals surface area contributed by atoms with E-state index >= 15 is 0 Å². The first-order valence-electron chi connectivity index (χ1n) is 4.61. The number of carbonyl (C=O) groups excluding carboxylic acids is 1. The summed E-state index contributed by atoms with van der Waals surface area (Å²) in [5, 5.41) is 19.3. The summed E-state index contributed by atoms with van der Waals surface area (Å²) in [6.45, 7) is 0. The summed E-state index contributed by atoms with van der Waals surface area (Å²) in [6.07, 6.45) is -5.15. The quantitative estimate of drug-likeness (QED) is 0.371. The summed E-state index contributed by atoms with van der Waals surface area (Å²) >= 11 is 5.17.